The number of anilines is 1. The third-order valence-electron chi connectivity index (χ3n) is 4.99. The first-order valence-electron chi connectivity index (χ1n) is 9.31. The van der Waals surface area contributed by atoms with Gasteiger partial charge in [0, 0.05) is 34.7 Å². The fraction of sp³-hybridized carbons (Fsp3) is 0.300. The predicted molar refractivity (Wildman–Crippen MR) is 108 cm³/mol. The molecule has 3 aromatic rings. The number of nitrogens with zero attached hydrogens (tertiary/aromatic N) is 4. The number of nitrogens with one attached hydrogen (secondary N) is 2. The van der Waals surface area contributed by atoms with Crippen LogP contribution in [0.5, 0.6) is 0 Å². The van der Waals surface area contributed by atoms with Crippen molar-refractivity contribution in [2.24, 2.45) is 0 Å². The zero-order valence-electron chi connectivity index (χ0n) is 15.3. The maximum Gasteiger partial charge on any atom is 0.319 e. The molecular formula is C20H21ClN6O. The molecule has 2 N–H and O–H groups in total. The van der Waals surface area contributed by atoms with Gasteiger partial charge in [-0.15, -0.1) is 0 Å². The summed E-state index contributed by atoms with van der Waals surface area (Å²) in [7, 11) is 0. The summed E-state index contributed by atoms with van der Waals surface area (Å²) < 4.78 is 2.02. The standard InChI is InChI=1S/C20H21ClN6O/c21-15-1-3-16(4-2-15)25-20(28)26-17-5-7-18(8-6-17)27-12-14(11-24-27)19-9-10-22-13-23-19/h1-4,9-13,17-18H,5-8H2,(H2,25,26,28). The number of halogens is 1. The molecule has 1 saturated carbocycles. The zero-order valence-corrected chi connectivity index (χ0v) is 16.0. The first-order valence-corrected chi connectivity index (χ1v) is 9.69. The quantitative estimate of drug-likeness (QED) is 0.688. The van der Waals surface area contributed by atoms with Gasteiger partial charge < -0.3 is 10.6 Å². The van der Waals surface area contributed by atoms with Gasteiger partial charge in [0.25, 0.3) is 0 Å². The molecule has 28 heavy (non-hydrogen) atoms. The molecule has 1 aliphatic carbocycles. The van der Waals surface area contributed by atoms with E-state index in [0.29, 0.717) is 11.1 Å². The van der Waals surface area contributed by atoms with Crippen LogP contribution in [0.25, 0.3) is 11.3 Å². The fourth-order valence-corrected chi connectivity index (χ4v) is 3.63. The van der Waals surface area contributed by atoms with Gasteiger partial charge in [-0.3, -0.25) is 4.68 Å². The van der Waals surface area contributed by atoms with E-state index in [9.17, 15) is 4.79 Å². The molecule has 1 fully saturated rings. The summed E-state index contributed by atoms with van der Waals surface area (Å²) in [6, 6.07) is 9.27. The van der Waals surface area contributed by atoms with E-state index in [1.54, 1.807) is 36.8 Å². The second kappa shape index (κ2) is 8.39. The number of rotatable bonds is 4. The molecule has 0 spiro atoms. The third kappa shape index (κ3) is 4.48. The van der Waals surface area contributed by atoms with Crippen molar-refractivity contribution in [2.75, 3.05) is 5.32 Å². The Kier molecular flexibility index (Phi) is 5.53. The Morgan fingerprint density at radius 2 is 1.89 bits per heavy atom. The maximum atomic E-state index is 12.2. The van der Waals surface area contributed by atoms with E-state index in [4.69, 9.17) is 11.6 Å². The smallest absolute Gasteiger partial charge is 0.319 e. The summed E-state index contributed by atoms with van der Waals surface area (Å²) in [6.07, 6.45) is 10.9. The Hall–Kier alpha value is -2.93. The average molecular weight is 397 g/mol. The van der Waals surface area contributed by atoms with Crippen molar-refractivity contribution in [3.8, 4) is 11.3 Å². The number of hydrogen-bond acceptors (Lipinski definition) is 4. The van der Waals surface area contributed by atoms with Crippen LogP contribution in [0.2, 0.25) is 5.02 Å². The van der Waals surface area contributed by atoms with Crippen LogP contribution in [0.3, 0.4) is 0 Å². The van der Waals surface area contributed by atoms with Crippen molar-refractivity contribution >= 4 is 23.3 Å². The molecule has 0 unspecified atom stereocenters. The van der Waals surface area contributed by atoms with Crippen LogP contribution in [-0.2, 0) is 0 Å². The highest BCUT2D eigenvalue weighted by Crippen LogP contribution is 2.29. The van der Waals surface area contributed by atoms with E-state index in [2.05, 4.69) is 25.7 Å². The normalized spacial score (nSPS) is 19.2. The van der Waals surface area contributed by atoms with Gasteiger partial charge in [-0.05, 0) is 56.0 Å². The molecule has 4 rings (SSSR count). The number of urea groups is 1. The predicted octanol–water partition coefficient (Wildman–Crippen LogP) is 4.30. The van der Waals surface area contributed by atoms with Gasteiger partial charge in [0.1, 0.15) is 6.33 Å². The van der Waals surface area contributed by atoms with Crippen LogP contribution in [0.4, 0.5) is 10.5 Å². The largest absolute Gasteiger partial charge is 0.335 e. The number of carbonyl (C=O) groups is 1. The lowest BCUT2D eigenvalue weighted by Crippen LogP contribution is -2.40. The van der Waals surface area contributed by atoms with Crippen molar-refractivity contribution in [2.45, 2.75) is 37.8 Å². The molecule has 0 bridgehead atoms. The summed E-state index contributed by atoms with van der Waals surface area (Å²) in [4.78, 5) is 20.4. The second-order valence-corrected chi connectivity index (χ2v) is 7.35. The van der Waals surface area contributed by atoms with Crippen LogP contribution in [0.1, 0.15) is 31.7 Å². The molecule has 0 atom stereocenters. The molecule has 0 saturated heterocycles. The Labute approximate surface area is 168 Å². The minimum atomic E-state index is -0.184. The summed E-state index contributed by atoms with van der Waals surface area (Å²) in [6.45, 7) is 0. The van der Waals surface area contributed by atoms with E-state index in [-0.39, 0.29) is 12.1 Å². The Balaban J connectivity index is 1.28. The molecule has 2 amide bonds. The fourth-order valence-electron chi connectivity index (χ4n) is 3.50. The average Bonchev–Trinajstić information content (AvgIpc) is 3.21. The van der Waals surface area contributed by atoms with E-state index in [0.717, 1.165) is 42.6 Å². The number of aromatic nitrogens is 4. The van der Waals surface area contributed by atoms with Gasteiger partial charge in [-0.2, -0.15) is 5.10 Å². The van der Waals surface area contributed by atoms with Gasteiger partial charge in [0.15, 0.2) is 0 Å². The summed E-state index contributed by atoms with van der Waals surface area (Å²) in [5.41, 5.74) is 2.59. The van der Waals surface area contributed by atoms with Gasteiger partial charge in [-0.25, -0.2) is 14.8 Å². The second-order valence-electron chi connectivity index (χ2n) is 6.91. The first kappa shape index (κ1) is 18.4. The summed E-state index contributed by atoms with van der Waals surface area (Å²) >= 11 is 5.86. The van der Waals surface area contributed by atoms with E-state index in [1.165, 1.54) is 0 Å². The maximum absolute atomic E-state index is 12.2. The molecule has 0 radical (unpaired) electrons. The van der Waals surface area contributed by atoms with Crippen LogP contribution in [0.15, 0.2) is 55.2 Å². The van der Waals surface area contributed by atoms with E-state index >= 15 is 0 Å². The molecule has 1 aromatic carbocycles. The molecule has 7 nitrogen and oxygen atoms in total. The van der Waals surface area contributed by atoms with Crippen molar-refractivity contribution in [1.82, 2.24) is 25.1 Å². The van der Waals surface area contributed by atoms with Crippen LogP contribution in [-0.4, -0.2) is 31.8 Å². The zero-order chi connectivity index (χ0) is 19.3. The summed E-state index contributed by atoms with van der Waals surface area (Å²) in [5, 5.41) is 11.1. The van der Waals surface area contributed by atoms with Gasteiger partial charge in [0.2, 0.25) is 0 Å². The SMILES string of the molecule is O=C(Nc1ccc(Cl)cc1)NC1CCC(n2cc(-c3ccncn3)cn2)CC1. The topological polar surface area (TPSA) is 84.7 Å². The van der Waals surface area contributed by atoms with E-state index in [1.807, 2.05) is 23.1 Å². The molecule has 0 aliphatic heterocycles. The number of benzene rings is 1. The van der Waals surface area contributed by atoms with Crippen molar-refractivity contribution in [1.29, 1.82) is 0 Å². The van der Waals surface area contributed by atoms with Crippen LogP contribution < -0.4 is 10.6 Å². The van der Waals surface area contributed by atoms with Crippen molar-refractivity contribution < 1.29 is 4.79 Å². The highest BCUT2D eigenvalue weighted by atomic mass is 35.5. The van der Waals surface area contributed by atoms with Gasteiger partial charge >= 0.3 is 6.03 Å². The number of amides is 2. The van der Waals surface area contributed by atoms with Crippen LogP contribution >= 0.6 is 11.6 Å². The van der Waals surface area contributed by atoms with Crippen LogP contribution in [0, 0.1) is 0 Å². The van der Waals surface area contributed by atoms with Gasteiger partial charge in [-0.1, -0.05) is 11.6 Å². The third-order valence-corrected chi connectivity index (χ3v) is 5.24. The van der Waals surface area contributed by atoms with Crippen molar-refractivity contribution in [3.05, 3.63) is 60.3 Å². The first-order chi connectivity index (χ1) is 13.7. The highest BCUT2D eigenvalue weighted by Gasteiger charge is 2.24. The molecule has 8 heteroatoms. The van der Waals surface area contributed by atoms with E-state index < -0.39 is 0 Å². The summed E-state index contributed by atoms with van der Waals surface area (Å²) in [5.74, 6) is 0. The lowest BCUT2D eigenvalue weighted by Gasteiger charge is -2.29. The van der Waals surface area contributed by atoms with Crippen molar-refractivity contribution in [3.63, 3.8) is 0 Å². The Morgan fingerprint density at radius 1 is 1.11 bits per heavy atom. The molecule has 2 aromatic heterocycles. The Bertz CT molecular complexity index is 919. The molecule has 144 valence electrons. The molecule has 2 heterocycles. The number of hydrogen-bond donors (Lipinski definition) is 2. The number of carbonyl (C=O) groups excluding carboxylic acids is 1. The molecular weight excluding hydrogens is 376 g/mol. The minimum Gasteiger partial charge on any atom is -0.335 e. The lowest BCUT2D eigenvalue weighted by molar-refractivity contribution is 0.236. The van der Waals surface area contributed by atoms with Gasteiger partial charge in [0.05, 0.1) is 17.9 Å². The Morgan fingerprint density at radius 3 is 2.61 bits per heavy atom. The highest BCUT2D eigenvalue weighted by molar-refractivity contribution is 6.30. The molecule has 1 aliphatic rings. The minimum absolute atomic E-state index is 0.167. The monoisotopic (exact) mass is 396 g/mol. The lowest BCUT2D eigenvalue weighted by atomic mass is 9.91.